The summed E-state index contributed by atoms with van der Waals surface area (Å²) < 4.78 is 5.00. The highest BCUT2D eigenvalue weighted by Crippen LogP contribution is 2.23. The van der Waals surface area contributed by atoms with E-state index in [9.17, 15) is 0 Å². The summed E-state index contributed by atoms with van der Waals surface area (Å²) in [5.41, 5.74) is 4.08. The molecule has 0 radical (unpaired) electrons. The Balaban J connectivity index is 1.86. The molecule has 2 aromatic rings. The average Bonchev–Trinajstić information content (AvgIpc) is 3.05. The molecule has 0 aliphatic heterocycles. The third kappa shape index (κ3) is 4.24. The highest BCUT2D eigenvalue weighted by atomic mass is 32.1. The van der Waals surface area contributed by atoms with Gasteiger partial charge in [0, 0.05) is 37.5 Å². The van der Waals surface area contributed by atoms with Crippen LogP contribution in [0.4, 0.5) is 5.13 Å². The Bertz CT molecular complexity index is 526. The number of ether oxygens (including phenoxy) is 1. The number of aryl methyl sites for hydroxylation is 1. The Hall–Kier alpha value is -1.02. The summed E-state index contributed by atoms with van der Waals surface area (Å²) in [6.45, 7) is 5.27. The largest absolute Gasteiger partial charge is 0.383 e. The van der Waals surface area contributed by atoms with Crippen LogP contribution in [0.3, 0.4) is 0 Å². The molecule has 0 aliphatic rings. The van der Waals surface area contributed by atoms with Crippen molar-refractivity contribution in [3.63, 3.8) is 0 Å². The van der Waals surface area contributed by atoms with Crippen LogP contribution in [0, 0.1) is 6.92 Å². The normalized spacial score (nSPS) is 10.9. The maximum atomic E-state index is 5.00. The molecule has 0 saturated carbocycles. The quantitative estimate of drug-likeness (QED) is 0.758. The Morgan fingerprint density at radius 2 is 2.25 bits per heavy atom. The van der Waals surface area contributed by atoms with E-state index in [0.29, 0.717) is 0 Å². The van der Waals surface area contributed by atoms with Crippen LogP contribution in [0.15, 0.2) is 10.9 Å². The number of methoxy groups -OCH3 is 1. The number of nitrogens with zero attached hydrogens (tertiary/aromatic N) is 3. The van der Waals surface area contributed by atoms with E-state index in [2.05, 4.69) is 32.6 Å². The second-order valence-electron chi connectivity index (χ2n) is 4.51. The fourth-order valence-corrected chi connectivity index (χ4v) is 3.33. The van der Waals surface area contributed by atoms with Gasteiger partial charge < -0.3 is 15.0 Å². The summed E-state index contributed by atoms with van der Waals surface area (Å²) in [5, 5.41) is 6.45. The van der Waals surface area contributed by atoms with Crippen LogP contribution in [0.1, 0.15) is 16.3 Å². The zero-order valence-electron chi connectivity index (χ0n) is 12.0. The Morgan fingerprint density at radius 3 is 2.95 bits per heavy atom. The van der Waals surface area contributed by atoms with Gasteiger partial charge >= 0.3 is 0 Å². The van der Waals surface area contributed by atoms with Gasteiger partial charge in [-0.05, 0) is 6.92 Å². The summed E-state index contributed by atoms with van der Waals surface area (Å²) in [5.74, 6) is 0. The van der Waals surface area contributed by atoms with Crippen molar-refractivity contribution in [1.29, 1.82) is 0 Å². The van der Waals surface area contributed by atoms with E-state index < -0.39 is 0 Å². The first-order valence-electron chi connectivity index (χ1n) is 6.45. The fourth-order valence-electron chi connectivity index (χ4n) is 1.70. The van der Waals surface area contributed by atoms with Gasteiger partial charge in [-0.15, -0.1) is 22.7 Å². The molecular formula is C13H20N4OS2. The van der Waals surface area contributed by atoms with Crippen LogP contribution >= 0.6 is 22.7 Å². The van der Waals surface area contributed by atoms with Gasteiger partial charge in [0.1, 0.15) is 0 Å². The number of aromatic nitrogens is 2. The van der Waals surface area contributed by atoms with Crippen LogP contribution in [-0.2, 0) is 17.8 Å². The Labute approximate surface area is 127 Å². The lowest BCUT2D eigenvalue weighted by Gasteiger charge is -2.14. The molecule has 2 rings (SSSR count). The van der Waals surface area contributed by atoms with Gasteiger partial charge in [-0.1, -0.05) is 0 Å². The number of nitrogens with one attached hydrogen (secondary N) is 1. The number of anilines is 1. The number of rotatable bonds is 8. The molecular weight excluding hydrogens is 292 g/mol. The van der Waals surface area contributed by atoms with Gasteiger partial charge in [-0.3, -0.25) is 0 Å². The second-order valence-corrected chi connectivity index (χ2v) is 6.28. The first-order valence-corrected chi connectivity index (χ1v) is 8.20. The monoisotopic (exact) mass is 312 g/mol. The molecule has 0 atom stereocenters. The standard InChI is InChI=1S/C13H20N4OS2/c1-10-12(20-9-15-10)7-17(2)13-16-11(8-19-13)6-14-4-5-18-3/h8-9,14H,4-7H2,1-3H3. The predicted octanol–water partition coefficient (Wildman–Crippen LogP) is 2.28. The van der Waals surface area contributed by atoms with Gasteiger partial charge in [-0.2, -0.15) is 0 Å². The minimum absolute atomic E-state index is 0.724. The molecule has 2 aromatic heterocycles. The summed E-state index contributed by atoms with van der Waals surface area (Å²) in [6.07, 6.45) is 0. The zero-order chi connectivity index (χ0) is 14.4. The highest BCUT2D eigenvalue weighted by molar-refractivity contribution is 7.13. The van der Waals surface area contributed by atoms with E-state index in [1.54, 1.807) is 29.8 Å². The van der Waals surface area contributed by atoms with Gasteiger partial charge in [-0.25, -0.2) is 9.97 Å². The molecule has 0 aliphatic carbocycles. The SMILES string of the molecule is COCCNCc1csc(N(C)Cc2scnc2C)n1. The van der Waals surface area contributed by atoms with E-state index in [1.807, 2.05) is 12.4 Å². The molecule has 7 heteroatoms. The molecule has 0 saturated heterocycles. The highest BCUT2D eigenvalue weighted by Gasteiger charge is 2.10. The van der Waals surface area contributed by atoms with Crippen molar-refractivity contribution in [2.75, 3.05) is 32.2 Å². The van der Waals surface area contributed by atoms with Gasteiger partial charge in [0.15, 0.2) is 5.13 Å². The zero-order valence-corrected chi connectivity index (χ0v) is 13.7. The summed E-state index contributed by atoms with van der Waals surface area (Å²) in [4.78, 5) is 12.4. The molecule has 0 fully saturated rings. The Kier molecular flexibility index (Phi) is 5.90. The van der Waals surface area contributed by atoms with Gasteiger partial charge in [0.05, 0.1) is 30.1 Å². The molecule has 2 heterocycles. The lowest BCUT2D eigenvalue weighted by atomic mass is 10.4. The second kappa shape index (κ2) is 7.68. The van der Waals surface area contributed by atoms with Gasteiger partial charge in [0.25, 0.3) is 0 Å². The van der Waals surface area contributed by atoms with E-state index in [4.69, 9.17) is 4.74 Å². The number of thiazole rings is 2. The first-order chi connectivity index (χ1) is 9.70. The van der Waals surface area contributed by atoms with E-state index >= 15 is 0 Å². The van der Waals surface area contributed by atoms with Crippen LogP contribution in [0.25, 0.3) is 0 Å². The molecule has 110 valence electrons. The van der Waals surface area contributed by atoms with Crippen molar-refractivity contribution >= 4 is 27.8 Å². The lowest BCUT2D eigenvalue weighted by molar-refractivity contribution is 0.199. The van der Waals surface area contributed by atoms with Crippen molar-refractivity contribution in [3.05, 3.63) is 27.2 Å². The van der Waals surface area contributed by atoms with Crippen LogP contribution < -0.4 is 10.2 Å². The molecule has 0 aromatic carbocycles. The van der Waals surface area contributed by atoms with Crippen molar-refractivity contribution in [2.24, 2.45) is 0 Å². The lowest BCUT2D eigenvalue weighted by Crippen LogP contribution is -2.19. The minimum Gasteiger partial charge on any atom is -0.383 e. The molecule has 0 unspecified atom stereocenters. The predicted molar refractivity (Wildman–Crippen MR) is 84.7 cm³/mol. The van der Waals surface area contributed by atoms with E-state index in [-0.39, 0.29) is 0 Å². The van der Waals surface area contributed by atoms with Crippen molar-refractivity contribution in [1.82, 2.24) is 15.3 Å². The van der Waals surface area contributed by atoms with E-state index in [1.165, 1.54) is 4.88 Å². The molecule has 0 bridgehead atoms. The average molecular weight is 312 g/mol. The summed E-state index contributed by atoms with van der Waals surface area (Å²) >= 11 is 3.37. The van der Waals surface area contributed by atoms with Gasteiger partial charge in [0.2, 0.25) is 0 Å². The third-order valence-electron chi connectivity index (χ3n) is 2.88. The topological polar surface area (TPSA) is 50.3 Å². The number of hydrogen-bond donors (Lipinski definition) is 1. The van der Waals surface area contributed by atoms with E-state index in [0.717, 1.165) is 42.8 Å². The first kappa shape index (κ1) is 15.4. The minimum atomic E-state index is 0.724. The van der Waals surface area contributed by atoms with Crippen molar-refractivity contribution in [3.8, 4) is 0 Å². The third-order valence-corrected chi connectivity index (χ3v) is 4.80. The van der Waals surface area contributed by atoms with Crippen LogP contribution in [0.2, 0.25) is 0 Å². The summed E-state index contributed by atoms with van der Waals surface area (Å²) in [6, 6.07) is 0. The smallest absolute Gasteiger partial charge is 0.185 e. The molecule has 0 spiro atoms. The van der Waals surface area contributed by atoms with Crippen molar-refractivity contribution in [2.45, 2.75) is 20.0 Å². The van der Waals surface area contributed by atoms with Crippen LogP contribution in [0.5, 0.6) is 0 Å². The maximum Gasteiger partial charge on any atom is 0.185 e. The molecule has 20 heavy (non-hydrogen) atoms. The van der Waals surface area contributed by atoms with Crippen LogP contribution in [-0.4, -0.2) is 37.3 Å². The molecule has 5 nitrogen and oxygen atoms in total. The fraction of sp³-hybridized carbons (Fsp3) is 0.538. The maximum absolute atomic E-state index is 5.00. The van der Waals surface area contributed by atoms with Crippen molar-refractivity contribution < 1.29 is 4.74 Å². The molecule has 1 N–H and O–H groups in total. The summed E-state index contributed by atoms with van der Waals surface area (Å²) in [7, 11) is 3.78. The molecule has 0 amide bonds. The number of hydrogen-bond acceptors (Lipinski definition) is 7. The Morgan fingerprint density at radius 1 is 1.40 bits per heavy atom.